The number of β-amino-alcohol motifs (C(OH)–C–C–N with tert-alkyl or cyclic N) is 1. The molecule has 1 aliphatic carbocycles. The number of aliphatic hydroxyl groups excluding tert-OH is 1. The maximum atomic E-state index is 12.0. The molecule has 0 radical (unpaired) electrons. The van der Waals surface area contributed by atoms with Crippen molar-refractivity contribution < 1.29 is 34.1 Å². The minimum absolute atomic E-state index is 0.0446. The van der Waals surface area contributed by atoms with E-state index in [1.165, 1.54) is 50.4 Å². The van der Waals surface area contributed by atoms with Crippen LogP contribution >= 0.6 is 0 Å². The van der Waals surface area contributed by atoms with Gasteiger partial charge in [0, 0.05) is 37.3 Å². The number of hydrogen-bond donors (Lipinski definition) is 5. The molecule has 3 heterocycles. The number of fused-ring (bicyclic) bond motifs is 3. The molecule has 9 heteroatoms. The lowest BCUT2D eigenvalue weighted by Crippen LogP contribution is -2.65. The van der Waals surface area contributed by atoms with Crippen molar-refractivity contribution in [3.63, 3.8) is 0 Å². The molecule has 3 aromatic rings. The Bertz CT molecular complexity index is 1550. The number of ether oxygens (including phenoxy) is 2. The van der Waals surface area contributed by atoms with Crippen molar-refractivity contribution in [2.24, 2.45) is 11.8 Å². The molecular weight excluding hydrogens is 642 g/mol. The summed E-state index contributed by atoms with van der Waals surface area (Å²) in [6.45, 7) is 10.1. The molecule has 3 aromatic carbocycles. The maximum absolute atomic E-state index is 12.0. The molecule has 4 aliphatic rings. The van der Waals surface area contributed by atoms with Gasteiger partial charge in [0.15, 0.2) is 0 Å². The van der Waals surface area contributed by atoms with E-state index in [1.807, 2.05) is 30.3 Å². The van der Waals surface area contributed by atoms with Crippen LogP contribution in [0.15, 0.2) is 72.8 Å². The fourth-order valence-corrected chi connectivity index (χ4v) is 8.82. The molecule has 5 N–H and O–H groups in total. The fraction of sp³-hybridized carbons (Fsp3) is 0.548. The Hall–Kier alpha value is -3.47. The van der Waals surface area contributed by atoms with Crippen molar-refractivity contribution >= 4 is 12.1 Å². The van der Waals surface area contributed by atoms with Crippen molar-refractivity contribution in [2.45, 2.75) is 88.6 Å². The van der Waals surface area contributed by atoms with Crippen LogP contribution in [0.5, 0.6) is 11.5 Å². The standard InChI is InChI=1S/C42H57N3O6/c1-41(2,44-27-39(48)33-15-18-38(47)37(25-33)43-30-46)26-31-13-16-36(17-14-31)50-24-8-21-45-22-19-32(20-23-45)40(28-45)51-29-42(49,35-11-6-7-12-35)34-9-4-3-5-10-34/h3-5,9-10,13-18,25,30,32,35,39-40,44,48-49H,6-8,11-12,19-24,26-29H2,1-2H3,(H-,43,46,47)/p+1/t32?,39-,40-,42+,45?/m0/s1. The topological polar surface area (TPSA) is 120 Å². The summed E-state index contributed by atoms with van der Waals surface area (Å²) in [5, 5.41) is 38.6. The number of benzene rings is 3. The minimum Gasteiger partial charge on any atom is -0.506 e. The molecule has 51 heavy (non-hydrogen) atoms. The minimum atomic E-state index is -0.914. The Kier molecular flexibility index (Phi) is 12.0. The van der Waals surface area contributed by atoms with E-state index in [1.54, 1.807) is 12.1 Å². The molecule has 0 spiro atoms. The van der Waals surface area contributed by atoms with E-state index in [2.05, 4.69) is 48.7 Å². The molecule has 4 fully saturated rings. The third-order valence-electron chi connectivity index (χ3n) is 11.9. The summed E-state index contributed by atoms with van der Waals surface area (Å²) < 4.78 is 14.0. The van der Waals surface area contributed by atoms with Gasteiger partial charge in [0.1, 0.15) is 29.7 Å². The van der Waals surface area contributed by atoms with Crippen LogP contribution in [0.1, 0.15) is 81.6 Å². The van der Waals surface area contributed by atoms with Crippen molar-refractivity contribution in [2.75, 3.05) is 51.3 Å². The van der Waals surface area contributed by atoms with E-state index in [-0.39, 0.29) is 29.0 Å². The normalized spacial score (nSPS) is 23.8. The largest absolute Gasteiger partial charge is 0.506 e. The molecule has 2 bridgehead atoms. The number of aromatic hydroxyl groups is 1. The Morgan fingerprint density at radius 3 is 2.41 bits per heavy atom. The van der Waals surface area contributed by atoms with E-state index < -0.39 is 11.7 Å². The number of rotatable bonds is 18. The number of carbonyl (C=O) groups excluding carboxylic acids is 1. The van der Waals surface area contributed by atoms with Crippen LogP contribution in [0.4, 0.5) is 5.69 Å². The second kappa shape index (κ2) is 16.5. The monoisotopic (exact) mass is 700 g/mol. The summed E-state index contributed by atoms with van der Waals surface area (Å²) in [5.41, 5.74) is 1.85. The zero-order chi connectivity index (χ0) is 35.9. The van der Waals surface area contributed by atoms with Gasteiger partial charge in [-0.3, -0.25) is 4.79 Å². The SMILES string of the molecule is CC(C)(Cc1ccc(OCCC[N+]23CCC(CC2)[C@@H](OC[C@@](O)(c2ccccc2)C2CCCC2)C3)cc1)NC[C@H](O)c1ccc(O)c(NC=O)c1. The fourth-order valence-electron chi connectivity index (χ4n) is 8.82. The quantitative estimate of drug-likeness (QED) is 0.0473. The number of anilines is 1. The first-order valence-corrected chi connectivity index (χ1v) is 19.0. The number of carbonyl (C=O) groups is 1. The third-order valence-corrected chi connectivity index (χ3v) is 11.9. The lowest BCUT2D eigenvalue weighted by molar-refractivity contribution is -0.946. The number of quaternary nitrogens is 1. The summed E-state index contributed by atoms with van der Waals surface area (Å²) >= 11 is 0. The first-order valence-electron chi connectivity index (χ1n) is 19.0. The number of hydrogen-bond acceptors (Lipinski definition) is 7. The van der Waals surface area contributed by atoms with E-state index in [4.69, 9.17) is 9.47 Å². The average molecular weight is 701 g/mol. The zero-order valence-electron chi connectivity index (χ0n) is 30.4. The Labute approximate surface area is 303 Å². The van der Waals surface area contributed by atoms with Crippen molar-refractivity contribution in [3.05, 3.63) is 89.5 Å². The van der Waals surface area contributed by atoms with Crippen LogP contribution in [0, 0.1) is 11.8 Å². The maximum Gasteiger partial charge on any atom is 0.211 e. The van der Waals surface area contributed by atoms with Gasteiger partial charge in [-0.15, -0.1) is 0 Å². The first-order chi connectivity index (χ1) is 24.6. The summed E-state index contributed by atoms with van der Waals surface area (Å²) in [4.78, 5) is 10.8. The first kappa shape index (κ1) is 37.3. The summed E-state index contributed by atoms with van der Waals surface area (Å²) in [6.07, 6.45) is 8.56. The molecule has 0 aromatic heterocycles. The van der Waals surface area contributed by atoms with Gasteiger partial charge in [0.25, 0.3) is 0 Å². The van der Waals surface area contributed by atoms with Crippen LogP contribution < -0.4 is 15.4 Å². The van der Waals surface area contributed by atoms with E-state index in [9.17, 15) is 20.1 Å². The van der Waals surface area contributed by atoms with Crippen LogP contribution in [-0.4, -0.2) is 83.8 Å². The predicted molar refractivity (Wildman–Crippen MR) is 200 cm³/mol. The van der Waals surface area contributed by atoms with Gasteiger partial charge >= 0.3 is 0 Å². The molecule has 1 amide bonds. The third kappa shape index (κ3) is 9.31. The van der Waals surface area contributed by atoms with Gasteiger partial charge in [0.2, 0.25) is 6.41 Å². The molecule has 3 saturated heterocycles. The smallest absolute Gasteiger partial charge is 0.211 e. The molecule has 0 unspecified atom stereocenters. The highest BCUT2D eigenvalue weighted by atomic mass is 16.5. The van der Waals surface area contributed by atoms with Crippen molar-refractivity contribution in [1.29, 1.82) is 0 Å². The number of amides is 1. The van der Waals surface area contributed by atoms with Gasteiger partial charge in [-0.2, -0.15) is 0 Å². The number of phenols is 1. The highest BCUT2D eigenvalue weighted by molar-refractivity contribution is 5.75. The Morgan fingerprint density at radius 2 is 1.71 bits per heavy atom. The summed E-state index contributed by atoms with van der Waals surface area (Å²) in [6, 6.07) is 23.2. The molecular formula is C42H58N3O6+. The van der Waals surface area contributed by atoms with Crippen LogP contribution in [0.25, 0.3) is 0 Å². The molecule has 276 valence electrons. The lowest BCUT2D eigenvalue weighted by atomic mass is 9.80. The van der Waals surface area contributed by atoms with E-state index in [0.29, 0.717) is 37.6 Å². The lowest BCUT2D eigenvalue weighted by Gasteiger charge is -2.53. The van der Waals surface area contributed by atoms with Crippen LogP contribution in [0.3, 0.4) is 0 Å². The van der Waals surface area contributed by atoms with Gasteiger partial charge < -0.3 is 39.9 Å². The van der Waals surface area contributed by atoms with E-state index in [0.717, 1.165) is 54.6 Å². The van der Waals surface area contributed by atoms with Gasteiger partial charge in [-0.25, -0.2) is 0 Å². The number of phenolic OH excluding ortho intramolecular Hbond substituents is 1. The van der Waals surface area contributed by atoms with Gasteiger partial charge in [-0.05, 0) is 80.0 Å². The van der Waals surface area contributed by atoms with Crippen molar-refractivity contribution in [1.82, 2.24) is 5.32 Å². The van der Waals surface area contributed by atoms with Gasteiger partial charge in [-0.1, -0.05) is 61.4 Å². The molecule has 3 atom stereocenters. The Balaban J connectivity index is 0.944. The Morgan fingerprint density at radius 1 is 0.980 bits per heavy atom. The molecule has 3 aliphatic heterocycles. The number of nitrogens with zero attached hydrogens (tertiary/aromatic N) is 1. The van der Waals surface area contributed by atoms with Crippen LogP contribution in [0.2, 0.25) is 0 Å². The summed E-state index contributed by atoms with van der Waals surface area (Å²) in [5.74, 6) is 1.68. The summed E-state index contributed by atoms with van der Waals surface area (Å²) in [7, 11) is 0. The van der Waals surface area contributed by atoms with Gasteiger partial charge in [0.05, 0.1) is 44.6 Å². The second-order valence-electron chi connectivity index (χ2n) is 16.0. The second-order valence-corrected chi connectivity index (χ2v) is 16.0. The number of piperidine rings is 3. The highest BCUT2D eigenvalue weighted by Crippen LogP contribution is 2.43. The zero-order valence-corrected chi connectivity index (χ0v) is 30.4. The van der Waals surface area contributed by atoms with Crippen molar-refractivity contribution in [3.8, 4) is 11.5 Å². The van der Waals surface area contributed by atoms with Crippen LogP contribution in [-0.2, 0) is 21.6 Å². The average Bonchev–Trinajstić information content (AvgIpc) is 3.70. The molecule has 7 rings (SSSR count). The molecule has 1 saturated carbocycles. The highest BCUT2D eigenvalue weighted by Gasteiger charge is 2.48. The van der Waals surface area contributed by atoms with E-state index >= 15 is 0 Å². The molecule has 9 nitrogen and oxygen atoms in total. The predicted octanol–water partition coefficient (Wildman–Crippen LogP) is 6.08. The number of nitrogens with one attached hydrogen (secondary N) is 2. The number of aliphatic hydroxyl groups is 2.